The fraction of sp³-hybridized carbons (Fsp3) is 0.917. The van der Waals surface area contributed by atoms with Gasteiger partial charge in [0.25, 0.3) is 0 Å². The van der Waals surface area contributed by atoms with Crippen molar-refractivity contribution in [3.05, 3.63) is 0 Å². The summed E-state index contributed by atoms with van der Waals surface area (Å²) in [6, 6.07) is 0. The maximum absolute atomic E-state index is 11.6. The highest BCUT2D eigenvalue weighted by Crippen LogP contribution is 2.18. The summed E-state index contributed by atoms with van der Waals surface area (Å²) < 4.78 is 5.27. The van der Waals surface area contributed by atoms with Crippen LogP contribution in [-0.4, -0.2) is 24.2 Å². The highest BCUT2D eigenvalue weighted by atomic mass is 16.5. The summed E-state index contributed by atoms with van der Waals surface area (Å²) in [6.45, 7) is 10.4. The van der Waals surface area contributed by atoms with E-state index < -0.39 is 0 Å². The van der Waals surface area contributed by atoms with Gasteiger partial charge in [-0.15, -0.1) is 0 Å². The summed E-state index contributed by atoms with van der Waals surface area (Å²) in [6.07, 6.45) is 3.00. The smallest absolute Gasteiger partial charge is 0.246 e. The molecule has 3 heteroatoms. The Bertz CT molecular complexity index is 178. The number of rotatable bonds is 7. The van der Waals surface area contributed by atoms with E-state index in [0.29, 0.717) is 0 Å². The van der Waals surface area contributed by atoms with Crippen molar-refractivity contribution in [2.75, 3.05) is 6.61 Å². The lowest BCUT2D eigenvalue weighted by Crippen LogP contribution is -2.48. The molecule has 0 heterocycles. The molecule has 0 atom stereocenters. The molecule has 1 amide bonds. The molecule has 0 aliphatic rings. The summed E-state index contributed by atoms with van der Waals surface area (Å²) in [5.74, 6) is -0.00532. The van der Waals surface area contributed by atoms with Crippen LogP contribution in [0.1, 0.15) is 53.9 Å². The van der Waals surface area contributed by atoms with E-state index in [9.17, 15) is 4.79 Å². The van der Waals surface area contributed by atoms with Crippen molar-refractivity contribution in [1.82, 2.24) is 5.32 Å². The second kappa shape index (κ2) is 6.83. The average Bonchev–Trinajstić information content (AvgIpc) is 2.23. The number of amides is 1. The lowest BCUT2D eigenvalue weighted by molar-refractivity contribution is -0.129. The monoisotopic (exact) mass is 215 g/mol. The Hall–Kier alpha value is -0.570. The highest BCUT2D eigenvalue weighted by molar-refractivity contribution is 5.78. The number of hydrogen-bond acceptors (Lipinski definition) is 2. The molecule has 0 rings (SSSR count). The molecule has 0 fully saturated rings. The van der Waals surface area contributed by atoms with Gasteiger partial charge in [-0.2, -0.15) is 0 Å². The van der Waals surface area contributed by atoms with Crippen LogP contribution in [0.4, 0.5) is 0 Å². The number of carbonyl (C=O) groups is 1. The van der Waals surface area contributed by atoms with Gasteiger partial charge in [0.15, 0.2) is 0 Å². The minimum absolute atomic E-state index is 0.00532. The lowest BCUT2D eigenvalue weighted by atomic mass is 9.90. The van der Waals surface area contributed by atoms with Crippen LogP contribution in [0.2, 0.25) is 0 Å². The van der Waals surface area contributed by atoms with Crippen molar-refractivity contribution in [3.8, 4) is 0 Å². The molecule has 15 heavy (non-hydrogen) atoms. The Morgan fingerprint density at radius 3 is 2.00 bits per heavy atom. The molecule has 0 bridgehead atoms. The number of ether oxygens (including phenoxy) is 1. The lowest BCUT2D eigenvalue weighted by Gasteiger charge is -2.31. The quantitative estimate of drug-likeness (QED) is 0.708. The first-order valence-corrected chi connectivity index (χ1v) is 5.92. The van der Waals surface area contributed by atoms with Gasteiger partial charge in [0.1, 0.15) is 6.61 Å². The first-order valence-electron chi connectivity index (χ1n) is 5.92. The van der Waals surface area contributed by atoms with Gasteiger partial charge in [0, 0.05) is 5.54 Å². The summed E-state index contributed by atoms with van der Waals surface area (Å²) in [5.41, 5.74) is -0.0442. The normalized spacial score (nSPS) is 11.9. The van der Waals surface area contributed by atoms with Gasteiger partial charge >= 0.3 is 0 Å². The Balaban J connectivity index is 4.11. The number of carbonyl (C=O) groups excluding carboxylic acids is 1. The van der Waals surface area contributed by atoms with E-state index in [1.54, 1.807) is 0 Å². The van der Waals surface area contributed by atoms with Crippen LogP contribution in [0.3, 0.4) is 0 Å². The molecule has 0 aliphatic carbocycles. The standard InChI is InChI=1S/C12H25NO2/c1-6-12(7-2,8-3)13-11(14)9-15-10(4)5/h10H,6-9H2,1-5H3,(H,13,14). The van der Waals surface area contributed by atoms with Crippen LogP contribution in [0.5, 0.6) is 0 Å². The Morgan fingerprint density at radius 1 is 1.20 bits per heavy atom. The van der Waals surface area contributed by atoms with Crippen molar-refractivity contribution in [3.63, 3.8) is 0 Å². The maximum atomic E-state index is 11.6. The minimum atomic E-state index is -0.0442. The van der Waals surface area contributed by atoms with Crippen LogP contribution in [0, 0.1) is 0 Å². The van der Waals surface area contributed by atoms with Crippen LogP contribution in [-0.2, 0) is 9.53 Å². The van der Waals surface area contributed by atoms with E-state index in [1.165, 1.54) is 0 Å². The predicted octanol–water partition coefficient (Wildman–Crippen LogP) is 2.50. The van der Waals surface area contributed by atoms with Crippen LogP contribution < -0.4 is 5.32 Å². The SMILES string of the molecule is CCC(CC)(CC)NC(=O)COC(C)C. The molecule has 0 aliphatic heterocycles. The maximum Gasteiger partial charge on any atom is 0.246 e. The summed E-state index contributed by atoms with van der Waals surface area (Å²) in [4.78, 5) is 11.6. The molecular formula is C12H25NO2. The third-order valence-electron chi connectivity index (χ3n) is 2.98. The molecule has 0 radical (unpaired) electrons. The molecule has 90 valence electrons. The molecule has 0 aromatic heterocycles. The minimum Gasteiger partial charge on any atom is -0.369 e. The van der Waals surface area contributed by atoms with Crippen molar-refractivity contribution in [2.24, 2.45) is 0 Å². The summed E-state index contributed by atoms with van der Waals surface area (Å²) >= 11 is 0. The second-order valence-corrected chi connectivity index (χ2v) is 4.25. The van der Waals surface area contributed by atoms with Crippen molar-refractivity contribution < 1.29 is 9.53 Å². The number of hydrogen-bond donors (Lipinski definition) is 1. The second-order valence-electron chi connectivity index (χ2n) is 4.25. The number of nitrogens with one attached hydrogen (secondary N) is 1. The molecule has 3 nitrogen and oxygen atoms in total. The zero-order valence-electron chi connectivity index (χ0n) is 10.7. The molecule has 0 aromatic carbocycles. The third-order valence-corrected chi connectivity index (χ3v) is 2.98. The molecule has 0 aromatic rings. The van der Waals surface area contributed by atoms with Crippen molar-refractivity contribution >= 4 is 5.91 Å². The summed E-state index contributed by atoms with van der Waals surface area (Å²) in [5, 5.41) is 3.07. The van der Waals surface area contributed by atoms with E-state index in [2.05, 4.69) is 26.1 Å². The Kier molecular flexibility index (Phi) is 6.57. The largest absolute Gasteiger partial charge is 0.369 e. The van der Waals surface area contributed by atoms with Crippen molar-refractivity contribution in [1.29, 1.82) is 0 Å². The topological polar surface area (TPSA) is 38.3 Å². The predicted molar refractivity (Wildman–Crippen MR) is 62.8 cm³/mol. The summed E-state index contributed by atoms with van der Waals surface area (Å²) in [7, 11) is 0. The fourth-order valence-corrected chi connectivity index (χ4v) is 1.59. The Labute approximate surface area is 93.6 Å². The first kappa shape index (κ1) is 14.4. The van der Waals surface area contributed by atoms with E-state index >= 15 is 0 Å². The van der Waals surface area contributed by atoms with E-state index in [4.69, 9.17) is 4.74 Å². The van der Waals surface area contributed by atoms with Gasteiger partial charge < -0.3 is 10.1 Å². The van der Waals surface area contributed by atoms with Gasteiger partial charge in [-0.1, -0.05) is 20.8 Å². The fourth-order valence-electron chi connectivity index (χ4n) is 1.59. The van der Waals surface area contributed by atoms with E-state index in [1.807, 2.05) is 13.8 Å². The molecule has 0 saturated heterocycles. The molecule has 0 spiro atoms. The molecular weight excluding hydrogens is 190 g/mol. The van der Waals surface area contributed by atoms with E-state index in [0.717, 1.165) is 19.3 Å². The molecule has 0 saturated carbocycles. The highest BCUT2D eigenvalue weighted by Gasteiger charge is 2.25. The average molecular weight is 215 g/mol. The van der Waals surface area contributed by atoms with Crippen LogP contribution in [0.15, 0.2) is 0 Å². The van der Waals surface area contributed by atoms with Gasteiger partial charge in [-0.3, -0.25) is 4.79 Å². The van der Waals surface area contributed by atoms with Crippen LogP contribution >= 0.6 is 0 Å². The van der Waals surface area contributed by atoms with Gasteiger partial charge in [-0.05, 0) is 33.1 Å². The zero-order chi connectivity index (χ0) is 11.9. The Morgan fingerprint density at radius 2 is 1.67 bits per heavy atom. The van der Waals surface area contributed by atoms with E-state index in [-0.39, 0.29) is 24.2 Å². The zero-order valence-corrected chi connectivity index (χ0v) is 10.7. The van der Waals surface area contributed by atoms with Gasteiger partial charge in [0.05, 0.1) is 6.10 Å². The first-order chi connectivity index (χ1) is 6.99. The third kappa shape index (κ3) is 5.17. The molecule has 1 N–H and O–H groups in total. The van der Waals surface area contributed by atoms with Crippen LogP contribution in [0.25, 0.3) is 0 Å². The molecule has 0 unspecified atom stereocenters. The van der Waals surface area contributed by atoms with Gasteiger partial charge in [0.2, 0.25) is 5.91 Å². The van der Waals surface area contributed by atoms with Crippen molar-refractivity contribution in [2.45, 2.75) is 65.5 Å². The van der Waals surface area contributed by atoms with Gasteiger partial charge in [-0.25, -0.2) is 0 Å².